The van der Waals surface area contributed by atoms with E-state index in [9.17, 15) is 13.0 Å². The zero-order chi connectivity index (χ0) is 39.8. The fourth-order valence-corrected chi connectivity index (χ4v) is 3.73. The Labute approximate surface area is 313 Å². The number of hydrogen-bond donors (Lipinski definition) is 2. The first kappa shape index (κ1) is 51.7. The van der Waals surface area contributed by atoms with Gasteiger partial charge in [-0.3, -0.25) is 9.11 Å². The number of nitrogens with zero attached hydrogens (tertiary/aromatic N) is 1. The zero-order valence-corrected chi connectivity index (χ0v) is 34.6. The van der Waals surface area contributed by atoms with Gasteiger partial charge in [-0.05, 0) is 73.4 Å². The van der Waals surface area contributed by atoms with Crippen LogP contribution in [0.4, 0.5) is 8.78 Å². The van der Waals surface area contributed by atoms with Crippen molar-refractivity contribution in [3.05, 3.63) is 144 Å². The van der Waals surface area contributed by atoms with E-state index >= 15 is 0 Å². The minimum atomic E-state index is -1.67. The van der Waals surface area contributed by atoms with Gasteiger partial charge in [0.05, 0.1) is 0 Å². The quantitative estimate of drug-likeness (QED) is 0.136. The number of hydrogen-bond acceptors (Lipinski definition) is 4. The van der Waals surface area contributed by atoms with Crippen LogP contribution in [0, 0.1) is 31.4 Å². The lowest BCUT2D eigenvalue weighted by Crippen LogP contribution is -2.34. The van der Waals surface area contributed by atoms with E-state index in [1.807, 2.05) is 57.0 Å². The largest absolute Gasteiger partial charge is 0.388 e. The van der Waals surface area contributed by atoms with Crippen LogP contribution >= 0.6 is 0 Å². The first-order chi connectivity index (χ1) is 23.9. The Morgan fingerprint density at radius 1 is 0.902 bits per heavy atom. The number of allylic oxidation sites excluding steroid dienone is 2. The predicted molar refractivity (Wildman–Crippen MR) is 227 cm³/mol. The molecule has 0 radical (unpaired) electrons. The van der Waals surface area contributed by atoms with Crippen molar-refractivity contribution in [2.45, 2.75) is 93.8 Å². The van der Waals surface area contributed by atoms with Crippen molar-refractivity contribution in [3.63, 3.8) is 0 Å². The Morgan fingerprint density at radius 2 is 1.39 bits per heavy atom. The maximum atomic E-state index is 13.4. The van der Waals surface area contributed by atoms with Gasteiger partial charge in [-0.1, -0.05) is 138 Å². The fraction of sp³-hybridized carbons (Fsp3) is 0.432. The average Bonchev–Trinajstić information content (AvgIpc) is 3.08. The molecule has 7 heteroatoms. The molecule has 0 aliphatic rings. The van der Waals surface area contributed by atoms with Gasteiger partial charge in [0.25, 0.3) is 0 Å². The second-order valence-electron chi connectivity index (χ2n) is 12.7. The van der Waals surface area contributed by atoms with E-state index in [0.29, 0.717) is 18.0 Å². The van der Waals surface area contributed by atoms with Crippen molar-refractivity contribution in [1.82, 2.24) is 15.5 Å². The summed E-state index contributed by atoms with van der Waals surface area (Å²) >= 11 is 0. The minimum absolute atomic E-state index is 0.237. The molecule has 0 fully saturated rings. The molecule has 0 bridgehead atoms. The summed E-state index contributed by atoms with van der Waals surface area (Å²) in [5.74, 6) is 2.74. The molecule has 0 heterocycles. The molecule has 0 aliphatic heterocycles. The van der Waals surface area contributed by atoms with Gasteiger partial charge in [0.15, 0.2) is 0 Å². The molecule has 2 N–H and O–H groups in total. The topological polar surface area (TPSA) is 44.4 Å². The molecule has 0 spiro atoms. The third-order valence-electron chi connectivity index (χ3n) is 6.52. The number of halogens is 2. The van der Waals surface area contributed by atoms with E-state index in [2.05, 4.69) is 107 Å². The van der Waals surface area contributed by atoms with E-state index in [-0.39, 0.29) is 6.04 Å². The lowest BCUT2D eigenvalue weighted by atomic mass is 10.1. The Balaban J connectivity index is -0.000000611. The molecule has 3 aromatic rings. The monoisotopic (exact) mass is 728 g/mol. The lowest BCUT2D eigenvalue weighted by molar-refractivity contribution is 0.294. The average molecular weight is 728 g/mol. The Hall–Kier alpha value is -3.68. The molecule has 4 nitrogen and oxygen atoms in total. The van der Waals surface area contributed by atoms with Crippen LogP contribution in [-0.2, 0) is 22.6 Å². The first-order valence-electron chi connectivity index (χ1n) is 17.8. The highest BCUT2D eigenvalue weighted by Gasteiger charge is 2.09. The molecule has 0 aromatic heterocycles. The molecular weight excluding hydrogens is 657 g/mol. The van der Waals surface area contributed by atoms with Gasteiger partial charge in [0.2, 0.25) is 0 Å². The highest BCUT2D eigenvalue weighted by Crippen LogP contribution is 2.12. The van der Waals surface area contributed by atoms with Crippen LogP contribution in [0.1, 0.15) is 83.1 Å². The summed E-state index contributed by atoms with van der Waals surface area (Å²) in [6.07, 6.45) is 10.4. The van der Waals surface area contributed by atoms with Crippen LogP contribution in [0.3, 0.4) is 0 Å². The van der Waals surface area contributed by atoms with Gasteiger partial charge >= 0.3 is 0 Å². The summed E-state index contributed by atoms with van der Waals surface area (Å²) in [5.41, 5.74) is 5.52. The normalized spacial score (nSPS) is 10.9. The van der Waals surface area contributed by atoms with E-state index in [4.69, 9.17) is 0 Å². The molecule has 2 atom stereocenters. The van der Waals surface area contributed by atoms with Gasteiger partial charge in [-0.2, -0.15) is 0 Å². The van der Waals surface area contributed by atoms with Crippen LogP contribution in [0.25, 0.3) is 0 Å². The molecule has 0 aliphatic carbocycles. The Kier molecular flexibility index (Phi) is 32.7. The van der Waals surface area contributed by atoms with Crippen molar-refractivity contribution in [2.24, 2.45) is 5.92 Å². The Morgan fingerprint density at radius 3 is 1.80 bits per heavy atom. The molecule has 0 saturated heterocycles. The highest BCUT2D eigenvalue weighted by molar-refractivity contribution is 7.98. The summed E-state index contributed by atoms with van der Waals surface area (Å²) in [5, 5.41) is 6.38. The van der Waals surface area contributed by atoms with Gasteiger partial charge < -0.3 is 10.6 Å². The van der Waals surface area contributed by atoms with Crippen LogP contribution in [0.15, 0.2) is 111 Å². The SMILES string of the molecule is C=CC(C)CC(=C)NCc1ccccc1.C=CNC(C)CN(C)Cc1ccc(F)cc1F.C=S(C)(C)=O.CC.CCCC.Cc1ccc(C)cc1. The number of nitrogens with one attached hydrogen (secondary N) is 2. The maximum absolute atomic E-state index is 13.4. The number of likely N-dealkylation sites (N-methyl/N-ethyl adjacent to an activating group) is 1. The lowest BCUT2D eigenvalue weighted by Gasteiger charge is -2.21. The highest BCUT2D eigenvalue weighted by atomic mass is 32.2. The molecule has 0 amide bonds. The zero-order valence-electron chi connectivity index (χ0n) is 33.8. The smallest absolute Gasteiger partial charge is 0.130 e. The number of aryl methyl sites for hydroxylation is 2. The summed E-state index contributed by atoms with van der Waals surface area (Å²) in [7, 11) is 0.226. The van der Waals surface area contributed by atoms with Gasteiger partial charge in [0, 0.05) is 55.5 Å². The maximum Gasteiger partial charge on any atom is 0.130 e. The van der Waals surface area contributed by atoms with Gasteiger partial charge in [-0.15, -0.1) is 6.58 Å². The summed E-state index contributed by atoms with van der Waals surface area (Å²) in [4.78, 5) is 1.97. The van der Waals surface area contributed by atoms with Crippen molar-refractivity contribution in [2.75, 3.05) is 26.1 Å². The summed E-state index contributed by atoms with van der Waals surface area (Å²) in [6.45, 7) is 30.1. The van der Waals surface area contributed by atoms with Crippen molar-refractivity contribution in [3.8, 4) is 0 Å². The summed E-state index contributed by atoms with van der Waals surface area (Å²) < 4.78 is 36.2. The molecule has 51 heavy (non-hydrogen) atoms. The number of benzene rings is 3. The van der Waals surface area contributed by atoms with Gasteiger partial charge in [-0.25, -0.2) is 8.78 Å². The predicted octanol–water partition coefficient (Wildman–Crippen LogP) is 11.1. The fourth-order valence-electron chi connectivity index (χ4n) is 3.73. The molecule has 3 aromatic carbocycles. The molecule has 2 unspecified atom stereocenters. The second kappa shape index (κ2) is 32.2. The second-order valence-corrected chi connectivity index (χ2v) is 15.5. The van der Waals surface area contributed by atoms with E-state index < -0.39 is 21.2 Å². The van der Waals surface area contributed by atoms with Crippen molar-refractivity contribution >= 4 is 15.4 Å². The van der Waals surface area contributed by atoms with Crippen LogP contribution < -0.4 is 10.6 Å². The molecule has 0 saturated carbocycles. The van der Waals surface area contributed by atoms with Crippen molar-refractivity contribution < 1.29 is 13.0 Å². The first-order valence-corrected chi connectivity index (χ1v) is 20.4. The molecule has 288 valence electrons. The standard InChI is InChI=1S/C14H19N.C13H18F2N2.C8H10.C4H10.C3H8OS.C2H6/c1-4-12(2)10-13(3)15-11-14-8-6-5-7-9-14;1-4-16-10(2)8-17(3)9-11-5-6-12(14)7-13(11)15;1-7-3-5-8(2)6-4-7;1-3-4-2;1-5(2,3)4;1-2/h4-9,12,15H,1,3,10-11H2,2H3;4-7,10,16H,1,8-9H2,2-3H3;3-6H,1-2H3;3-4H2,1-2H3;1H2,2-3H3;1-2H3. The third kappa shape index (κ3) is 35.9. The molecule has 3 rings (SSSR count). The Bertz CT molecular complexity index is 1380. The van der Waals surface area contributed by atoms with E-state index in [0.717, 1.165) is 31.3 Å². The van der Waals surface area contributed by atoms with Crippen molar-refractivity contribution in [1.29, 1.82) is 0 Å². The summed E-state index contributed by atoms with van der Waals surface area (Å²) in [6, 6.07) is 22.7. The number of unbranched alkanes of at least 4 members (excludes halogenated alkanes) is 1. The minimum Gasteiger partial charge on any atom is -0.388 e. The number of rotatable bonds is 13. The van der Waals surface area contributed by atoms with E-state index in [1.54, 1.807) is 18.7 Å². The van der Waals surface area contributed by atoms with Crippen LogP contribution in [0.2, 0.25) is 0 Å². The third-order valence-corrected chi connectivity index (χ3v) is 6.52. The van der Waals surface area contributed by atoms with Crippen LogP contribution in [-0.4, -0.2) is 47.1 Å². The van der Waals surface area contributed by atoms with Crippen LogP contribution in [0.5, 0.6) is 0 Å². The van der Waals surface area contributed by atoms with E-state index in [1.165, 1.54) is 41.7 Å². The van der Waals surface area contributed by atoms with Gasteiger partial charge in [0.1, 0.15) is 11.6 Å². The molecular formula is C44H71F2N3OS.